The van der Waals surface area contributed by atoms with Gasteiger partial charge in [0.05, 0.1) is 10.9 Å². The highest BCUT2D eigenvalue weighted by Crippen LogP contribution is 2.27. The quantitative estimate of drug-likeness (QED) is 0.688. The van der Waals surface area contributed by atoms with Crippen LogP contribution in [0.2, 0.25) is 0 Å². The molecular weight excluding hydrogens is 292 g/mol. The topological polar surface area (TPSA) is 56.5 Å². The zero-order valence-corrected chi connectivity index (χ0v) is 13.0. The van der Waals surface area contributed by atoms with Gasteiger partial charge in [-0.25, -0.2) is 0 Å². The van der Waals surface area contributed by atoms with Crippen LogP contribution in [0.4, 0.5) is 0 Å². The number of ether oxygens (including phenoxy) is 1. The summed E-state index contributed by atoms with van der Waals surface area (Å²) in [6.07, 6.45) is 0.667. The molecule has 0 unspecified atom stereocenters. The van der Waals surface area contributed by atoms with Crippen LogP contribution in [-0.4, -0.2) is 6.29 Å². The third-order valence-corrected chi connectivity index (χ3v) is 3.88. The van der Waals surface area contributed by atoms with Gasteiger partial charge in [-0.15, -0.1) is 0 Å². The summed E-state index contributed by atoms with van der Waals surface area (Å²) in [5.74, 6) is 0.911. The van der Waals surface area contributed by atoms with E-state index in [4.69, 9.17) is 9.15 Å². The Bertz CT molecular complexity index is 923. The molecule has 116 valence electrons. The van der Waals surface area contributed by atoms with Gasteiger partial charge in [0.25, 0.3) is 0 Å². The monoisotopic (exact) mass is 308 g/mol. The molecular formula is C19H16O4. The van der Waals surface area contributed by atoms with Crippen LogP contribution in [0, 0.1) is 13.8 Å². The zero-order valence-electron chi connectivity index (χ0n) is 13.0. The lowest BCUT2D eigenvalue weighted by atomic mass is 10.1. The van der Waals surface area contributed by atoms with Gasteiger partial charge in [0.1, 0.15) is 18.1 Å². The van der Waals surface area contributed by atoms with Crippen molar-refractivity contribution in [3.8, 4) is 5.75 Å². The summed E-state index contributed by atoms with van der Waals surface area (Å²) in [4.78, 5) is 23.8. The largest absolute Gasteiger partial charge is 0.488 e. The molecule has 0 fully saturated rings. The molecule has 23 heavy (non-hydrogen) atoms. The van der Waals surface area contributed by atoms with Crippen molar-refractivity contribution in [3.63, 3.8) is 0 Å². The zero-order chi connectivity index (χ0) is 16.4. The first-order valence-corrected chi connectivity index (χ1v) is 7.30. The molecule has 0 radical (unpaired) electrons. The molecule has 1 heterocycles. The van der Waals surface area contributed by atoms with E-state index in [2.05, 4.69) is 0 Å². The summed E-state index contributed by atoms with van der Waals surface area (Å²) < 4.78 is 11.4. The first kappa shape index (κ1) is 15.0. The highest BCUT2D eigenvalue weighted by atomic mass is 16.5. The number of hydrogen-bond acceptors (Lipinski definition) is 4. The molecule has 1 aromatic heterocycles. The summed E-state index contributed by atoms with van der Waals surface area (Å²) in [7, 11) is 0. The molecule has 0 aliphatic rings. The van der Waals surface area contributed by atoms with Gasteiger partial charge >= 0.3 is 0 Å². The minimum Gasteiger partial charge on any atom is -0.488 e. The van der Waals surface area contributed by atoms with Gasteiger partial charge in [-0.1, -0.05) is 30.3 Å². The second-order valence-electron chi connectivity index (χ2n) is 5.36. The normalized spacial score (nSPS) is 10.7. The third kappa shape index (κ3) is 2.75. The second kappa shape index (κ2) is 6.08. The first-order valence-electron chi connectivity index (χ1n) is 7.30. The lowest BCUT2D eigenvalue weighted by Gasteiger charge is -2.11. The molecule has 4 nitrogen and oxygen atoms in total. The second-order valence-corrected chi connectivity index (χ2v) is 5.36. The van der Waals surface area contributed by atoms with Gasteiger partial charge in [-0.2, -0.15) is 0 Å². The molecule has 0 atom stereocenters. The molecule has 3 rings (SSSR count). The molecule has 0 saturated carbocycles. The maximum absolute atomic E-state index is 12.3. The number of carbonyl (C=O) groups excluding carboxylic acids is 1. The molecule has 0 amide bonds. The van der Waals surface area contributed by atoms with E-state index in [-0.39, 0.29) is 16.6 Å². The van der Waals surface area contributed by atoms with Gasteiger partial charge in [0, 0.05) is 5.56 Å². The van der Waals surface area contributed by atoms with Crippen LogP contribution >= 0.6 is 0 Å². The van der Waals surface area contributed by atoms with Crippen molar-refractivity contribution < 1.29 is 13.9 Å². The lowest BCUT2D eigenvalue weighted by Crippen LogP contribution is -2.09. The molecule has 0 spiro atoms. The first-order chi connectivity index (χ1) is 11.1. The van der Waals surface area contributed by atoms with E-state index in [0.29, 0.717) is 35.4 Å². The molecule has 0 aliphatic carbocycles. The van der Waals surface area contributed by atoms with Crippen molar-refractivity contribution in [2.45, 2.75) is 20.5 Å². The van der Waals surface area contributed by atoms with Crippen LogP contribution in [0.3, 0.4) is 0 Å². The van der Waals surface area contributed by atoms with Crippen molar-refractivity contribution in [1.82, 2.24) is 0 Å². The lowest BCUT2D eigenvalue weighted by molar-refractivity contribution is 0.111. The number of benzene rings is 2. The van der Waals surface area contributed by atoms with E-state index in [0.717, 1.165) is 5.56 Å². The predicted molar refractivity (Wildman–Crippen MR) is 88.1 cm³/mol. The summed E-state index contributed by atoms with van der Waals surface area (Å²) in [6, 6.07) is 12.9. The van der Waals surface area contributed by atoms with Crippen LogP contribution in [0.25, 0.3) is 11.0 Å². The fourth-order valence-corrected chi connectivity index (χ4v) is 2.43. The van der Waals surface area contributed by atoms with Crippen molar-refractivity contribution in [3.05, 3.63) is 75.1 Å². The van der Waals surface area contributed by atoms with E-state index in [1.807, 2.05) is 30.3 Å². The SMILES string of the molecule is Cc1oc2c(C=O)c(OCc3ccccc3)ccc2c(=O)c1C. The van der Waals surface area contributed by atoms with Crippen molar-refractivity contribution in [1.29, 1.82) is 0 Å². The van der Waals surface area contributed by atoms with Crippen LogP contribution in [0.1, 0.15) is 27.2 Å². The Morgan fingerprint density at radius 1 is 1.09 bits per heavy atom. The number of aldehydes is 1. The highest BCUT2D eigenvalue weighted by Gasteiger charge is 2.15. The Hall–Kier alpha value is -2.88. The van der Waals surface area contributed by atoms with Crippen LogP contribution in [0.5, 0.6) is 5.75 Å². The predicted octanol–water partition coefficient (Wildman–Crippen LogP) is 3.80. The van der Waals surface area contributed by atoms with Crippen LogP contribution < -0.4 is 10.2 Å². The van der Waals surface area contributed by atoms with E-state index < -0.39 is 0 Å². The fraction of sp³-hybridized carbons (Fsp3) is 0.158. The van der Waals surface area contributed by atoms with Crippen molar-refractivity contribution in [2.24, 2.45) is 0 Å². The van der Waals surface area contributed by atoms with E-state index in [9.17, 15) is 9.59 Å². The van der Waals surface area contributed by atoms with Gasteiger partial charge in [-0.05, 0) is 31.5 Å². The molecule has 4 heteroatoms. The Labute approximate surface area is 133 Å². The minimum atomic E-state index is -0.124. The maximum Gasteiger partial charge on any atom is 0.195 e. The van der Waals surface area contributed by atoms with Gasteiger partial charge < -0.3 is 9.15 Å². The smallest absolute Gasteiger partial charge is 0.195 e. The van der Waals surface area contributed by atoms with Crippen molar-refractivity contribution >= 4 is 17.3 Å². The Morgan fingerprint density at radius 2 is 1.83 bits per heavy atom. The van der Waals surface area contributed by atoms with Crippen LogP contribution in [-0.2, 0) is 6.61 Å². The number of rotatable bonds is 4. The number of fused-ring (bicyclic) bond motifs is 1. The third-order valence-electron chi connectivity index (χ3n) is 3.88. The Morgan fingerprint density at radius 3 is 2.52 bits per heavy atom. The summed E-state index contributed by atoms with van der Waals surface area (Å²) in [5, 5.41) is 0.391. The minimum absolute atomic E-state index is 0.124. The fourth-order valence-electron chi connectivity index (χ4n) is 2.43. The van der Waals surface area contributed by atoms with E-state index >= 15 is 0 Å². The van der Waals surface area contributed by atoms with Crippen LogP contribution in [0.15, 0.2) is 51.7 Å². The number of carbonyl (C=O) groups is 1. The molecule has 0 saturated heterocycles. The maximum atomic E-state index is 12.3. The summed E-state index contributed by atoms with van der Waals surface area (Å²) >= 11 is 0. The summed E-state index contributed by atoms with van der Waals surface area (Å²) in [6.45, 7) is 3.76. The Balaban J connectivity index is 2.06. The molecule has 3 aromatic rings. The average molecular weight is 308 g/mol. The van der Waals surface area contributed by atoms with Crippen molar-refractivity contribution in [2.75, 3.05) is 0 Å². The van der Waals surface area contributed by atoms with Gasteiger partial charge in [0.15, 0.2) is 17.3 Å². The molecule has 0 aliphatic heterocycles. The standard InChI is InChI=1S/C19H16O4/c1-12-13(2)23-19-15(18(12)21)8-9-17(16(19)10-20)22-11-14-6-4-3-5-7-14/h3-10H,11H2,1-2H3. The van der Waals surface area contributed by atoms with Gasteiger partial charge in [-0.3, -0.25) is 9.59 Å². The van der Waals surface area contributed by atoms with E-state index in [1.54, 1.807) is 26.0 Å². The van der Waals surface area contributed by atoms with E-state index in [1.165, 1.54) is 0 Å². The molecule has 0 N–H and O–H groups in total. The molecule has 0 bridgehead atoms. The average Bonchev–Trinajstić information content (AvgIpc) is 2.58. The Kier molecular flexibility index (Phi) is 3.98. The summed E-state index contributed by atoms with van der Waals surface area (Å²) in [5.41, 5.74) is 1.96. The van der Waals surface area contributed by atoms with Gasteiger partial charge in [0.2, 0.25) is 0 Å². The number of aryl methyl sites for hydroxylation is 1. The molecule has 2 aromatic carbocycles. The number of hydrogen-bond donors (Lipinski definition) is 0. The highest BCUT2D eigenvalue weighted by molar-refractivity contribution is 5.97.